The maximum Gasteiger partial charge on any atom is 0.295 e. The zero-order chi connectivity index (χ0) is 23.8. The van der Waals surface area contributed by atoms with E-state index in [1.807, 2.05) is 56.3 Å². The molecule has 1 amide bonds. The third kappa shape index (κ3) is 4.05. The third-order valence-corrected chi connectivity index (χ3v) is 7.03. The number of pyridine rings is 1. The summed E-state index contributed by atoms with van der Waals surface area (Å²) in [5, 5.41) is 11.9. The fraction of sp³-hybridized carbons (Fsp3) is 0.292. The van der Waals surface area contributed by atoms with Gasteiger partial charge in [-0.1, -0.05) is 30.0 Å². The Morgan fingerprint density at radius 2 is 1.82 bits per heavy atom. The Hall–Kier alpha value is -3.66. The third-order valence-electron chi connectivity index (χ3n) is 5.97. The number of carbonyl (C=O) groups is 1. The van der Waals surface area contributed by atoms with Gasteiger partial charge >= 0.3 is 0 Å². The molecule has 9 nitrogen and oxygen atoms in total. The Kier molecular flexibility index (Phi) is 5.82. The number of aromatic nitrogens is 6. The van der Waals surface area contributed by atoms with E-state index in [2.05, 4.69) is 25.1 Å². The summed E-state index contributed by atoms with van der Waals surface area (Å²) in [7, 11) is 1.80. The summed E-state index contributed by atoms with van der Waals surface area (Å²) in [5.74, 6) is 0.525. The molecule has 4 aromatic rings. The predicted octanol–water partition coefficient (Wildman–Crippen LogP) is 3.59. The molecule has 1 atom stereocenters. The van der Waals surface area contributed by atoms with Crippen molar-refractivity contribution in [2.75, 3.05) is 5.32 Å². The molecule has 0 bridgehead atoms. The van der Waals surface area contributed by atoms with Crippen molar-refractivity contribution >= 4 is 23.4 Å². The van der Waals surface area contributed by atoms with Crippen LogP contribution in [0.15, 0.2) is 64.8 Å². The first-order valence-electron chi connectivity index (χ1n) is 11.1. The molecule has 0 spiro atoms. The Labute approximate surface area is 200 Å². The summed E-state index contributed by atoms with van der Waals surface area (Å²) in [6.07, 6.45) is 5.59. The molecule has 1 unspecified atom stereocenters. The molecule has 5 rings (SSSR count). The van der Waals surface area contributed by atoms with Crippen molar-refractivity contribution in [3.05, 3.63) is 70.9 Å². The molecule has 1 fully saturated rings. The number of para-hydroxylation sites is 1. The first-order chi connectivity index (χ1) is 16.5. The van der Waals surface area contributed by atoms with Crippen molar-refractivity contribution in [2.45, 2.75) is 43.1 Å². The number of benzene rings is 1. The van der Waals surface area contributed by atoms with Crippen LogP contribution in [0.5, 0.6) is 0 Å². The van der Waals surface area contributed by atoms with Crippen molar-refractivity contribution < 1.29 is 4.79 Å². The highest BCUT2D eigenvalue weighted by Crippen LogP contribution is 2.41. The van der Waals surface area contributed by atoms with Crippen LogP contribution >= 0.6 is 11.8 Å². The summed E-state index contributed by atoms with van der Waals surface area (Å²) in [6, 6.07) is 13.5. The number of rotatable bonds is 7. The number of nitrogens with zero attached hydrogens (tertiary/aromatic N) is 6. The maximum absolute atomic E-state index is 13.1. The normalized spacial score (nSPS) is 14.2. The topological polar surface area (TPSA) is 99.6 Å². The molecule has 10 heteroatoms. The van der Waals surface area contributed by atoms with E-state index in [4.69, 9.17) is 0 Å². The largest absolute Gasteiger partial charge is 0.319 e. The highest BCUT2D eigenvalue weighted by molar-refractivity contribution is 8.00. The van der Waals surface area contributed by atoms with Crippen molar-refractivity contribution in [3.63, 3.8) is 0 Å². The van der Waals surface area contributed by atoms with Gasteiger partial charge in [-0.15, -0.1) is 10.2 Å². The molecule has 3 heterocycles. The second-order valence-corrected chi connectivity index (χ2v) is 9.64. The van der Waals surface area contributed by atoms with Gasteiger partial charge in [0.15, 0.2) is 11.0 Å². The second-order valence-electron chi connectivity index (χ2n) is 8.33. The lowest BCUT2D eigenvalue weighted by atomic mass is 10.2. The Morgan fingerprint density at radius 1 is 1.12 bits per heavy atom. The monoisotopic (exact) mass is 475 g/mol. The first kappa shape index (κ1) is 22.1. The standard InChI is InChI=1S/C24H25N7O2S/c1-15-20(23(33)31(29(15)3)19-7-5-4-6-8-19)26-22(32)16(2)34-24-28-27-21(30(24)18-9-10-18)17-11-13-25-14-12-17/h4-8,11-14,16,18H,9-10H2,1-3H3,(H,26,32). The van der Waals surface area contributed by atoms with Gasteiger partial charge in [0.25, 0.3) is 5.56 Å². The number of thioether (sulfide) groups is 1. The number of amides is 1. The number of nitrogens with one attached hydrogen (secondary N) is 1. The van der Waals surface area contributed by atoms with Gasteiger partial charge in [0.05, 0.1) is 16.6 Å². The predicted molar refractivity (Wildman–Crippen MR) is 131 cm³/mol. The van der Waals surface area contributed by atoms with Crippen LogP contribution < -0.4 is 10.9 Å². The van der Waals surface area contributed by atoms with Gasteiger partial charge in [0, 0.05) is 31.0 Å². The van der Waals surface area contributed by atoms with Crippen LogP contribution in [0.2, 0.25) is 0 Å². The molecule has 0 radical (unpaired) electrons. The van der Waals surface area contributed by atoms with Gasteiger partial charge < -0.3 is 5.32 Å². The molecular weight excluding hydrogens is 450 g/mol. The van der Waals surface area contributed by atoms with Crippen LogP contribution in [-0.2, 0) is 11.8 Å². The van der Waals surface area contributed by atoms with Gasteiger partial charge in [0.2, 0.25) is 5.91 Å². The maximum atomic E-state index is 13.1. The average molecular weight is 476 g/mol. The minimum atomic E-state index is -0.476. The molecule has 0 aliphatic heterocycles. The van der Waals surface area contributed by atoms with Gasteiger partial charge in [0.1, 0.15) is 5.69 Å². The van der Waals surface area contributed by atoms with Crippen LogP contribution in [0.25, 0.3) is 17.1 Å². The van der Waals surface area contributed by atoms with E-state index < -0.39 is 5.25 Å². The minimum Gasteiger partial charge on any atom is -0.319 e. The summed E-state index contributed by atoms with van der Waals surface area (Å²) in [4.78, 5) is 30.3. The van der Waals surface area contributed by atoms with Gasteiger partial charge in [-0.05, 0) is 51.0 Å². The number of hydrogen-bond donors (Lipinski definition) is 1. The van der Waals surface area contributed by atoms with E-state index in [1.54, 1.807) is 28.8 Å². The molecule has 1 N–H and O–H groups in total. The minimum absolute atomic E-state index is 0.258. The molecule has 1 saturated carbocycles. The Bertz CT molecular complexity index is 1390. The summed E-state index contributed by atoms with van der Waals surface area (Å²) < 4.78 is 5.41. The second kappa shape index (κ2) is 8.94. The molecular formula is C24H25N7O2S. The molecule has 174 valence electrons. The molecule has 3 aromatic heterocycles. The fourth-order valence-corrected chi connectivity index (χ4v) is 4.79. The van der Waals surface area contributed by atoms with E-state index in [-0.39, 0.29) is 17.2 Å². The van der Waals surface area contributed by atoms with Gasteiger partial charge in [-0.2, -0.15) is 0 Å². The van der Waals surface area contributed by atoms with Crippen molar-refractivity contribution in [3.8, 4) is 17.1 Å². The molecule has 1 aromatic carbocycles. The van der Waals surface area contributed by atoms with Crippen molar-refractivity contribution in [1.29, 1.82) is 0 Å². The zero-order valence-corrected chi connectivity index (χ0v) is 20.0. The van der Waals surface area contributed by atoms with Crippen LogP contribution in [-0.4, -0.2) is 40.3 Å². The fourth-order valence-electron chi connectivity index (χ4n) is 3.87. The molecule has 1 aliphatic carbocycles. The van der Waals surface area contributed by atoms with Crippen LogP contribution in [0.1, 0.15) is 31.5 Å². The van der Waals surface area contributed by atoms with E-state index >= 15 is 0 Å². The quantitative estimate of drug-likeness (QED) is 0.410. The van der Waals surface area contributed by atoms with E-state index in [0.29, 0.717) is 16.9 Å². The van der Waals surface area contributed by atoms with Crippen molar-refractivity contribution in [1.82, 2.24) is 29.1 Å². The highest BCUT2D eigenvalue weighted by Gasteiger charge is 2.32. The summed E-state index contributed by atoms with van der Waals surface area (Å²) in [5.41, 5.74) is 2.38. The zero-order valence-electron chi connectivity index (χ0n) is 19.2. The molecule has 34 heavy (non-hydrogen) atoms. The van der Waals surface area contributed by atoms with Crippen LogP contribution in [0, 0.1) is 6.92 Å². The van der Waals surface area contributed by atoms with Crippen LogP contribution in [0.3, 0.4) is 0 Å². The number of anilines is 1. The lowest BCUT2D eigenvalue weighted by Gasteiger charge is -2.13. The van der Waals surface area contributed by atoms with E-state index in [1.165, 1.54) is 11.8 Å². The molecule has 0 saturated heterocycles. The van der Waals surface area contributed by atoms with E-state index in [9.17, 15) is 9.59 Å². The van der Waals surface area contributed by atoms with Gasteiger partial charge in [-0.3, -0.25) is 23.8 Å². The number of hydrogen-bond acceptors (Lipinski definition) is 6. The lowest BCUT2D eigenvalue weighted by molar-refractivity contribution is -0.115. The Balaban J connectivity index is 1.38. The average Bonchev–Trinajstić information content (AvgIpc) is 3.58. The van der Waals surface area contributed by atoms with Crippen molar-refractivity contribution in [2.24, 2.45) is 7.05 Å². The Morgan fingerprint density at radius 3 is 2.50 bits per heavy atom. The lowest BCUT2D eigenvalue weighted by Crippen LogP contribution is -2.27. The van der Waals surface area contributed by atoms with Crippen LogP contribution in [0.4, 0.5) is 5.69 Å². The SMILES string of the molecule is Cc1c(NC(=O)C(C)Sc2nnc(-c3ccncc3)n2C2CC2)c(=O)n(-c2ccccc2)n1C. The molecule has 1 aliphatic rings. The highest BCUT2D eigenvalue weighted by atomic mass is 32.2. The summed E-state index contributed by atoms with van der Waals surface area (Å²) in [6.45, 7) is 3.63. The number of carbonyl (C=O) groups excluding carboxylic acids is 1. The van der Waals surface area contributed by atoms with E-state index in [0.717, 1.165) is 29.9 Å². The van der Waals surface area contributed by atoms with Gasteiger partial charge in [-0.25, -0.2) is 4.68 Å². The first-order valence-corrected chi connectivity index (χ1v) is 12.0. The smallest absolute Gasteiger partial charge is 0.295 e. The summed E-state index contributed by atoms with van der Waals surface area (Å²) >= 11 is 1.35.